The van der Waals surface area contributed by atoms with Gasteiger partial charge in [0.15, 0.2) is 5.03 Å². The second kappa shape index (κ2) is 7.55. The molecule has 1 heterocycles. The average molecular weight is 348 g/mol. The Bertz CT molecular complexity index is 806. The molecule has 0 saturated heterocycles. The molecule has 7 heteroatoms. The Morgan fingerprint density at radius 3 is 2.42 bits per heavy atom. The molecule has 1 N–H and O–H groups in total. The lowest BCUT2D eigenvalue weighted by Gasteiger charge is -2.29. The minimum Gasteiger partial charge on any atom is -0.478 e. The molecule has 1 unspecified atom stereocenters. The van der Waals surface area contributed by atoms with Gasteiger partial charge < -0.3 is 5.11 Å². The topological polar surface area (TPSA) is 87.6 Å². The summed E-state index contributed by atoms with van der Waals surface area (Å²) in [7, 11) is -3.91. The molecular formula is C17H20N2O4S. The normalized spacial score (nSPS) is 13.0. The highest BCUT2D eigenvalue weighted by Gasteiger charge is 2.31. The van der Waals surface area contributed by atoms with Crippen LogP contribution in [0.25, 0.3) is 0 Å². The van der Waals surface area contributed by atoms with Gasteiger partial charge in [0, 0.05) is 18.8 Å². The maximum atomic E-state index is 13.0. The summed E-state index contributed by atoms with van der Waals surface area (Å²) in [5.74, 6) is -1.19. The molecule has 0 fully saturated rings. The van der Waals surface area contributed by atoms with Gasteiger partial charge in [-0.05, 0) is 24.1 Å². The van der Waals surface area contributed by atoms with Crippen LogP contribution in [0, 0.1) is 0 Å². The third kappa shape index (κ3) is 3.63. The third-order valence-electron chi connectivity index (χ3n) is 3.79. The first-order chi connectivity index (χ1) is 11.4. The molecule has 1 aromatic heterocycles. The fourth-order valence-corrected chi connectivity index (χ4v) is 4.30. The number of aromatic nitrogens is 1. The number of rotatable bonds is 7. The molecule has 0 bridgehead atoms. The van der Waals surface area contributed by atoms with Crippen LogP contribution in [0.2, 0.25) is 0 Å². The van der Waals surface area contributed by atoms with Gasteiger partial charge >= 0.3 is 5.97 Å². The first kappa shape index (κ1) is 18.1. The molecule has 2 aromatic rings. The van der Waals surface area contributed by atoms with E-state index >= 15 is 0 Å². The first-order valence-electron chi connectivity index (χ1n) is 7.68. The molecule has 0 aliphatic heterocycles. The Morgan fingerprint density at radius 1 is 1.21 bits per heavy atom. The molecule has 0 spiro atoms. The quantitative estimate of drug-likeness (QED) is 0.831. The van der Waals surface area contributed by atoms with Gasteiger partial charge in [0.05, 0.1) is 5.56 Å². The number of sulfonamides is 1. The maximum absolute atomic E-state index is 13.0. The summed E-state index contributed by atoms with van der Waals surface area (Å²) in [5, 5.41) is 8.82. The van der Waals surface area contributed by atoms with Gasteiger partial charge in [-0.2, -0.15) is 4.31 Å². The van der Waals surface area contributed by atoms with Crippen LogP contribution in [0.3, 0.4) is 0 Å². The van der Waals surface area contributed by atoms with Crippen molar-refractivity contribution in [3.05, 3.63) is 59.8 Å². The summed E-state index contributed by atoms with van der Waals surface area (Å²) in [4.78, 5) is 15.0. The first-order valence-corrected chi connectivity index (χ1v) is 9.12. The summed E-state index contributed by atoms with van der Waals surface area (Å²) >= 11 is 0. The van der Waals surface area contributed by atoms with Crippen molar-refractivity contribution in [1.82, 2.24) is 9.29 Å². The Hall–Kier alpha value is -2.25. The zero-order valence-electron chi connectivity index (χ0n) is 13.6. The monoisotopic (exact) mass is 348 g/mol. The van der Waals surface area contributed by atoms with Gasteiger partial charge in [0.25, 0.3) is 10.0 Å². The Balaban J connectivity index is 2.48. The lowest BCUT2D eigenvalue weighted by molar-refractivity contribution is 0.0696. The van der Waals surface area contributed by atoms with Crippen LogP contribution >= 0.6 is 0 Å². The summed E-state index contributed by atoms with van der Waals surface area (Å²) in [6, 6.07) is 11.4. The standard InChI is InChI=1S/C17H20N2O4S/c1-3-15(13-8-6-5-7-9-13)19(4-2)24(22,23)16-12-14(17(20)21)10-11-18-16/h5-12,15H,3-4H2,1-2H3,(H,20,21). The highest BCUT2D eigenvalue weighted by molar-refractivity contribution is 7.89. The zero-order chi connectivity index (χ0) is 17.7. The fraction of sp³-hybridized carbons (Fsp3) is 0.294. The molecule has 128 valence electrons. The van der Waals surface area contributed by atoms with Crippen molar-refractivity contribution >= 4 is 16.0 Å². The molecule has 0 aliphatic carbocycles. The van der Waals surface area contributed by atoms with Crippen LogP contribution in [-0.2, 0) is 10.0 Å². The Kier molecular flexibility index (Phi) is 5.69. The van der Waals surface area contributed by atoms with Crippen molar-refractivity contribution in [2.45, 2.75) is 31.3 Å². The van der Waals surface area contributed by atoms with Crippen molar-refractivity contribution < 1.29 is 18.3 Å². The van der Waals surface area contributed by atoms with Gasteiger partial charge in [0.2, 0.25) is 0 Å². The van der Waals surface area contributed by atoms with Crippen LogP contribution in [0.4, 0.5) is 0 Å². The number of hydrogen-bond donors (Lipinski definition) is 1. The van der Waals surface area contributed by atoms with Crippen molar-refractivity contribution in [3.63, 3.8) is 0 Å². The van der Waals surface area contributed by atoms with Crippen LogP contribution in [-0.4, -0.2) is 35.3 Å². The molecule has 0 radical (unpaired) electrons. The average Bonchev–Trinajstić information content (AvgIpc) is 2.60. The Morgan fingerprint density at radius 2 is 1.88 bits per heavy atom. The van der Waals surface area contributed by atoms with E-state index in [0.717, 1.165) is 11.6 Å². The smallest absolute Gasteiger partial charge is 0.335 e. The van der Waals surface area contributed by atoms with Crippen molar-refractivity contribution in [2.75, 3.05) is 6.54 Å². The number of nitrogens with zero attached hydrogens (tertiary/aromatic N) is 2. The molecule has 1 atom stereocenters. The summed E-state index contributed by atoms with van der Waals surface area (Å²) in [6.45, 7) is 3.93. The van der Waals surface area contributed by atoms with Crippen molar-refractivity contribution in [2.24, 2.45) is 0 Å². The highest BCUT2D eigenvalue weighted by atomic mass is 32.2. The zero-order valence-corrected chi connectivity index (χ0v) is 14.4. The molecule has 1 aromatic carbocycles. The third-order valence-corrected chi connectivity index (χ3v) is 5.67. The van der Waals surface area contributed by atoms with Gasteiger partial charge in [-0.3, -0.25) is 0 Å². The number of carbonyl (C=O) groups is 1. The lowest BCUT2D eigenvalue weighted by Crippen LogP contribution is -2.35. The minimum atomic E-state index is -3.91. The van der Waals surface area contributed by atoms with E-state index in [0.29, 0.717) is 6.42 Å². The molecule has 0 saturated carbocycles. The number of pyridine rings is 1. The molecule has 2 rings (SSSR count). The fourth-order valence-electron chi connectivity index (χ4n) is 2.64. The highest BCUT2D eigenvalue weighted by Crippen LogP contribution is 2.29. The molecule has 24 heavy (non-hydrogen) atoms. The van der Waals surface area contributed by atoms with E-state index in [1.165, 1.54) is 16.6 Å². The number of carboxylic acids is 1. The van der Waals surface area contributed by atoms with Gasteiger partial charge in [-0.25, -0.2) is 18.2 Å². The van der Waals surface area contributed by atoms with Crippen molar-refractivity contribution in [3.8, 4) is 0 Å². The second-order valence-electron chi connectivity index (χ2n) is 5.23. The van der Waals surface area contributed by atoms with Crippen LogP contribution < -0.4 is 0 Å². The maximum Gasteiger partial charge on any atom is 0.335 e. The Labute approximate surface area is 141 Å². The minimum absolute atomic E-state index is 0.104. The van der Waals surface area contributed by atoms with Crippen LogP contribution in [0.1, 0.15) is 42.2 Å². The van der Waals surface area contributed by atoms with Crippen LogP contribution in [0.5, 0.6) is 0 Å². The number of aromatic carboxylic acids is 1. The SMILES string of the molecule is CCC(c1ccccc1)N(CC)S(=O)(=O)c1cc(C(=O)O)ccn1. The predicted molar refractivity (Wildman–Crippen MR) is 90.2 cm³/mol. The molecule has 6 nitrogen and oxygen atoms in total. The van der Waals surface area contributed by atoms with E-state index in [1.54, 1.807) is 6.92 Å². The van der Waals surface area contributed by atoms with E-state index in [-0.39, 0.29) is 23.2 Å². The summed E-state index contributed by atoms with van der Waals surface area (Å²) in [6.07, 6.45) is 1.79. The molecule has 0 amide bonds. The summed E-state index contributed by atoms with van der Waals surface area (Å²) < 4.78 is 27.3. The van der Waals surface area contributed by atoms with E-state index < -0.39 is 16.0 Å². The van der Waals surface area contributed by atoms with E-state index in [2.05, 4.69) is 4.98 Å². The van der Waals surface area contributed by atoms with E-state index in [9.17, 15) is 13.2 Å². The van der Waals surface area contributed by atoms with Crippen molar-refractivity contribution in [1.29, 1.82) is 0 Å². The van der Waals surface area contributed by atoms with Gasteiger partial charge in [-0.1, -0.05) is 44.2 Å². The number of hydrogen-bond acceptors (Lipinski definition) is 4. The second-order valence-corrected chi connectivity index (χ2v) is 7.07. The predicted octanol–water partition coefficient (Wildman–Crippen LogP) is 2.94. The lowest BCUT2D eigenvalue weighted by atomic mass is 10.0. The molecule has 0 aliphatic rings. The number of benzene rings is 1. The number of carboxylic acid groups (broad SMARTS) is 1. The van der Waals surface area contributed by atoms with Gasteiger partial charge in [0.1, 0.15) is 0 Å². The van der Waals surface area contributed by atoms with Gasteiger partial charge in [-0.15, -0.1) is 0 Å². The largest absolute Gasteiger partial charge is 0.478 e. The summed E-state index contributed by atoms with van der Waals surface area (Å²) in [5.41, 5.74) is 0.784. The molecular weight excluding hydrogens is 328 g/mol. The van der Waals surface area contributed by atoms with E-state index in [4.69, 9.17) is 5.11 Å². The van der Waals surface area contributed by atoms with Crippen LogP contribution in [0.15, 0.2) is 53.7 Å². The van der Waals surface area contributed by atoms with E-state index in [1.807, 2.05) is 37.3 Å².